The van der Waals surface area contributed by atoms with Gasteiger partial charge >= 0.3 is 0 Å². The third-order valence-electron chi connectivity index (χ3n) is 4.24. The van der Waals surface area contributed by atoms with Crippen molar-refractivity contribution >= 4 is 11.5 Å². The summed E-state index contributed by atoms with van der Waals surface area (Å²) < 4.78 is 0. The highest BCUT2D eigenvalue weighted by Gasteiger charge is 2.25. The Labute approximate surface area is 131 Å². The van der Waals surface area contributed by atoms with Crippen LogP contribution in [-0.2, 0) is 4.84 Å². The minimum absolute atomic E-state index is 0.217. The van der Waals surface area contributed by atoms with Crippen molar-refractivity contribution in [2.75, 3.05) is 37.6 Å². The predicted octanol–water partition coefficient (Wildman–Crippen LogP) is 1.63. The van der Waals surface area contributed by atoms with Gasteiger partial charge < -0.3 is 9.74 Å². The van der Waals surface area contributed by atoms with Crippen molar-refractivity contribution in [2.45, 2.75) is 25.9 Å². The van der Waals surface area contributed by atoms with E-state index in [4.69, 9.17) is 10.1 Å². The number of anilines is 1. The molecule has 1 atom stereocenters. The molecule has 0 radical (unpaired) electrons. The summed E-state index contributed by atoms with van der Waals surface area (Å²) in [6.07, 6.45) is 3.80. The van der Waals surface area contributed by atoms with Crippen LogP contribution in [0.2, 0.25) is 0 Å². The van der Waals surface area contributed by atoms with Crippen LogP contribution in [0.3, 0.4) is 0 Å². The molecule has 0 unspecified atom stereocenters. The molecule has 1 aromatic heterocycles. The molecule has 0 spiro atoms. The fraction of sp³-hybridized carbons (Fsp3) is 0.562. The van der Waals surface area contributed by atoms with Crippen LogP contribution in [0.25, 0.3) is 0 Å². The monoisotopic (exact) mass is 299 g/mol. The summed E-state index contributed by atoms with van der Waals surface area (Å²) in [5, 5.41) is 12.9. The second-order valence-electron chi connectivity index (χ2n) is 5.75. The van der Waals surface area contributed by atoms with Crippen LogP contribution in [0.4, 0.5) is 5.82 Å². The first-order valence-electron chi connectivity index (χ1n) is 7.83. The van der Waals surface area contributed by atoms with E-state index < -0.39 is 0 Å². The molecule has 0 bridgehead atoms. The summed E-state index contributed by atoms with van der Waals surface area (Å²) in [4.78, 5) is 14.5. The number of nitriles is 1. The maximum atomic E-state index is 8.81. The van der Waals surface area contributed by atoms with Crippen LogP contribution in [0.15, 0.2) is 23.5 Å². The Hall–Kier alpha value is -2.13. The van der Waals surface area contributed by atoms with Crippen LogP contribution in [0.1, 0.15) is 25.3 Å². The Morgan fingerprint density at radius 2 is 2.14 bits per heavy atom. The van der Waals surface area contributed by atoms with E-state index in [0.29, 0.717) is 5.56 Å². The molecule has 1 aromatic rings. The van der Waals surface area contributed by atoms with E-state index in [1.807, 2.05) is 12.1 Å². The summed E-state index contributed by atoms with van der Waals surface area (Å²) >= 11 is 0. The summed E-state index contributed by atoms with van der Waals surface area (Å²) in [5.41, 5.74) is 1.78. The van der Waals surface area contributed by atoms with Crippen molar-refractivity contribution < 1.29 is 4.84 Å². The smallest absolute Gasteiger partial charge is 0.145 e. The zero-order valence-electron chi connectivity index (χ0n) is 12.9. The number of pyridine rings is 1. The Morgan fingerprint density at radius 1 is 1.32 bits per heavy atom. The predicted molar refractivity (Wildman–Crippen MR) is 84.8 cm³/mol. The molecule has 2 aliphatic rings. The molecule has 2 aliphatic heterocycles. The number of aromatic nitrogens is 1. The van der Waals surface area contributed by atoms with E-state index in [0.717, 1.165) is 51.4 Å². The lowest BCUT2D eigenvalue weighted by Gasteiger charge is -2.36. The Bertz CT molecular complexity index is 569. The van der Waals surface area contributed by atoms with Gasteiger partial charge in [-0.3, -0.25) is 4.90 Å². The molecule has 0 N–H and O–H groups in total. The minimum atomic E-state index is 0.217. The van der Waals surface area contributed by atoms with Crippen molar-refractivity contribution in [3.8, 4) is 6.07 Å². The summed E-state index contributed by atoms with van der Waals surface area (Å²) in [7, 11) is 0. The zero-order valence-corrected chi connectivity index (χ0v) is 12.9. The third kappa shape index (κ3) is 3.37. The maximum absolute atomic E-state index is 8.81. The van der Waals surface area contributed by atoms with Crippen LogP contribution in [0, 0.1) is 11.3 Å². The number of hydrogen-bond donors (Lipinski definition) is 0. The van der Waals surface area contributed by atoms with Gasteiger partial charge in [-0.2, -0.15) is 5.26 Å². The second kappa shape index (κ2) is 6.75. The lowest BCUT2D eigenvalue weighted by molar-refractivity contribution is 0.0510. The molecule has 1 fully saturated rings. The molecular formula is C16H21N5O. The highest BCUT2D eigenvalue weighted by molar-refractivity contribution is 5.85. The SMILES string of the molecule is CCC1=NO[C@@H](CN2CCN(c3ccc(C#N)cn3)CC2)C1. The molecule has 0 aromatic carbocycles. The highest BCUT2D eigenvalue weighted by Crippen LogP contribution is 2.17. The van der Waals surface area contributed by atoms with Crippen LogP contribution in [0.5, 0.6) is 0 Å². The first kappa shape index (κ1) is 14.8. The standard InChI is InChI=1S/C16H21N5O/c1-2-14-9-15(22-19-14)12-20-5-7-21(8-6-20)16-4-3-13(10-17)11-18-16/h3-4,11,15H,2,5-9,12H2,1H3/t15-/m1/s1. The molecule has 0 aliphatic carbocycles. The number of rotatable bonds is 4. The summed E-state index contributed by atoms with van der Waals surface area (Å²) in [6, 6.07) is 5.85. The first-order chi connectivity index (χ1) is 10.8. The quantitative estimate of drug-likeness (QED) is 0.845. The third-order valence-corrected chi connectivity index (χ3v) is 4.24. The number of hydrogen-bond acceptors (Lipinski definition) is 6. The largest absolute Gasteiger partial charge is 0.391 e. The molecule has 6 heteroatoms. The van der Waals surface area contributed by atoms with Crippen LogP contribution >= 0.6 is 0 Å². The molecule has 0 saturated carbocycles. The topological polar surface area (TPSA) is 64.8 Å². The van der Waals surface area contributed by atoms with Crippen LogP contribution in [-0.4, -0.2) is 54.4 Å². The van der Waals surface area contributed by atoms with Gasteiger partial charge in [0, 0.05) is 45.3 Å². The molecule has 0 amide bonds. The lowest BCUT2D eigenvalue weighted by atomic mass is 10.1. The summed E-state index contributed by atoms with van der Waals surface area (Å²) in [6.45, 7) is 6.97. The minimum Gasteiger partial charge on any atom is -0.391 e. The van der Waals surface area contributed by atoms with Crippen molar-refractivity contribution in [3.63, 3.8) is 0 Å². The number of nitrogens with zero attached hydrogens (tertiary/aromatic N) is 5. The molecule has 1 saturated heterocycles. The lowest BCUT2D eigenvalue weighted by Crippen LogP contribution is -2.48. The highest BCUT2D eigenvalue weighted by atomic mass is 16.6. The van der Waals surface area contributed by atoms with Gasteiger partial charge in [-0.1, -0.05) is 12.1 Å². The molecule has 6 nitrogen and oxygen atoms in total. The van der Waals surface area contributed by atoms with Gasteiger partial charge in [0.1, 0.15) is 18.0 Å². The van der Waals surface area contributed by atoms with E-state index in [2.05, 4.69) is 32.9 Å². The van der Waals surface area contributed by atoms with Crippen LogP contribution < -0.4 is 4.90 Å². The molecule has 116 valence electrons. The molecule has 3 heterocycles. The maximum Gasteiger partial charge on any atom is 0.145 e. The average molecular weight is 299 g/mol. The zero-order chi connectivity index (χ0) is 15.4. The molecular weight excluding hydrogens is 278 g/mol. The van der Waals surface area contributed by atoms with Gasteiger partial charge in [0.25, 0.3) is 0 Å². The van der Waals surface area contributed by atoms with E-state index in [9.17, 15) is 0 Å². The Morgan fingerprint density at radius 3 is 2.73 bits per heavy atom. The van der Waals surface area contributed by atoms with E-state index in [-0.39, 0.29) is 6.10 Å². The van der Waals surface area contributed by atoms with Gasteiger partial charge in [-0.15, -0.1) is 0 Å². The number of piperazine rings is 1. The average Bonchev–Trinajstić information content (AvgIpc) is 3.03. The normalized spacial score (nSPS) is 22.1. The van der Waals surface area contributed by atoms with Crippen molar-refractivity contribution in [3.05, 3.63) is 23.9 Å². The van der Waals surface area contributed by atoms with Gasteiger partial charge in [-0.25, -0.2) is 4.98 Å². The van der Waals surface area contributed by atoms with Gasteiger partial charge in [0.05, 0.1) is 11.3 Å². The van der Waals surface area contributed by atoms with Gasteiger partial charge in [0.2, 0.25) is 0 Å². The van der Waals surface area contributed by atoms with Gasteiger partial charge in [0.15, 0.2) is 0 Å². The van der Waals surface area contributed by atoms with Crippen molar-refractivity contribution in [2.24, 2.45) is 5.16 Å². The van der Waals surface area contributed by atoms with E-state index >= 15 is 0 Å². The first-order valence-corrected chi connectivity index (χ1v) is 7.83. The van der Waals surface area contributed by atoms with Crippen molar-refractivity contribution in [1.82, 2.24) is 9.88 Å². The fourth-order valence-corrected chi connectivity index (χ4v) is 2.88. The van der Waals surface area contributed by atoms with Gasteiger partial charge in [-0.05, 0) is 18.6 Å². The number of oxime groups is 1. The van der Waals surface area contributed by atoms with E-state index in [1.54, 1.807) is 6.20 Å². The van der Waals surface area contributed by atoms with E-state index in [1.165, 1.54) is 5.71 Å². The summed E-state index contributed by atoms with van der Waals surface area (Å²) in [5.74, 6) is 0.951. The fourth-order valence-electron chi connectivity index (χ4n) is 2.88. The Kier molecular flexibility index (Phi) is 4.54. The van der Waals surface area contributed by atoms with Crippen molar-refractivity contribution in [1.29, 1.82) is 5.26 Å². The molecule has 3 rings (SSSR count). The molecule has 22 heavy (non-hydrogen) atoms. The second-order valence-corrected chi connectivity index (χ2v) is 5.75. The Balaban J connectivity index is 1.47.